The van der Waals surface area contributed by atoms with Crippen LogP contribution in [-0.4, -0.2) is 28.7 Å². The van der Waals surface area contributed by atoms with Crippen molar-refractivity contribution in [2.45, 2.75) is 31.9 Å². The molecule has 1 N–H and O–H groups in total. The van der Waals surface area contributed by atoms with E-state index >= 15 is 0 Å². The zero-order valence-corrected chi connectivity index (χ0v) is 10.5. The van der Waals surface area contributed by atoms with Crippen LogP contribution in [0.3, 0.4) is 0 Å². The van der Waals surface area contributed by atoms with Gasteiger partial charge in [-0.3, -0.25) is 0 Å². The normalized spacial score (nSPS) is 21.1. The lowest BCUT2D eigenvalue weighted by Gasteiger charge is -2.21. The van der Waals surface area contributed by atoms with Crippen molar-refractivity contribution in [1.82, 2.24) is 9.97 Å². The summed E-state index contributed by atoms with van der Waals surface area (Å²) in [5.74, 6) is 0.892. The fourth-order valence-corrected chi connectivity index (χ4v) is 2.43. The SMILES string of the molecule is C[C@@H](Nc1ncnc2ccccc12)[C@H]1CCCO1. The third kappa shape index (κ3) is 2.16. The number of nitrogens with one attached hydrogen (secondary N) is 1. The summed E-state index contributed by atoms with van der Waals surface area (Å²) >= 11 is 0. The van der Waals surface area contributed by atoms with Crippen molar-refractivity contribution in [3.63, 3.8) is 0 Å². The molecule has 0 bridgehead atoms. The third-order valence-electron chi connectivity index (χ3n) is 3.43. The highest BCUT2D eigenvalue weighted by atomic mass is 16.5. The van der Waals surface area contributed by atoms with E-state index in [-0.39, 0.29) is 6.04 Å². The second-order valence-electron chi connectivity index (χ2n) is 4.72. The Kier molecular flexibility index (Phi) is 3.11. The Bertz CT molecular complexity index is 532. The Morgan fingerprint density at radius 1 is 1.33 bits per heavy atom. The number of benzene rings is 1. The molecule has 2 heterocycles. The average Bonchev–Trinajstić information content (AvgIpc) is 2.93. The van der Waals surface area contributed by atoms with Crippen LogP contribution in [0.2, 0.25) is 0 Å². The first-order chi connectivity index (χ1) is 8.84. The van der Waals surface area contributed by atoms with E-state index in [1.165, 1.54) is 0 Å². The largest absolute Gasteiger partial charge is 0.376 e. The van der Waals surface area contributed by atoms with Crippen molar-refractivity contribution >= 4 is 16.7 Å². The van der Waals surface area contributed by atoms with E-state index in [9.17, 15) is 0 Å². The smallest absolute Gasteiger partial charge is 0.137 e. The van der Waals surface area contributed by atoms with Gasteiger partial charge in [-0.05, 0) is 31.9 Å². The summed E-state index contributed by atoms with van der Waals surface area (Å²) in [7, 11) is 0. The molecule has 1 saturated heterocycles. The fourth-order valence-electron chi connectivity index (χ4n) is 2.43. The molecule has 1 fully saturated rings. The van der Waals surface area contributed by atoms with E-state index in [2.05, 4.69) is 22.2 Å². The highest BCUT2D eigenvalue weighted by Crippen LogP contribution is 2.22. The van der Waals surface area contributed by atoms with Crippen molar-refractivity contribution in [1.29, 1.82) is 0 Å². The lowest BCUT2D eigenvalue weighted by atomic mass is 10.1. The van der Waals surface area contributed by atoms with Crippen LogP contribution in [0.5, 0.6) is 0 Å². The second-order valence-corrected chi connectivity index (χ2v) is 4.72. The van der Waals surface area contributed by atoms with Gasteiger partial charge < -0.3 is 10.1 Å². The van der Waals surface area contributed by atoms with Crippen LogP contribution in [0, 0.1) is 0 Å². The summed E-state index contributed by atoms with van der Waals surface area (Å²) in [5, 5.41) is 4.51. The van der Waals surface area contributed by atoms with Crippen LogP contribution in [0.4, 0.5) is 5.82 Å². The molecule has 1 aromatic heterocycles. The standard InChI is InChI=1S/C14H17N3O/c1-10(13-7-4-8-18-13)17-14-11-5-2-3-6-12(11)15-9-16-14/h2-3,5-6,9-10,13H,4,7-8H2,1H3,(H,15,16,17)/t10-,13-/m1/s1. The number of hydrogen-bond donors (Lipinski definition) is 1. The Morgan fingerprint density at radius 2 is 2.22 bits per heavy atom. The fraction of sp³-hybridized carbons (Fsp3) is 0.429. The van der Waals surface area contributed by atoms with E-state index in [0.29, 0.717) is 6.10 Å². The monoisotopic (exact) mass is 243 g/mol. The molecule has 4 nitrogen and oxygen atoms in total. The summed E-state index contributed by atoms with van der Waals surface area (Å²) < 4.78 is 5.69. The van der Waals surface area contributed by atoms with E-state index in [1.807, 2.05) is 24.3 Å². The number of hydrogen-bond acceptors (Lipinski definition) is 4. The lowest BCUT2D eigenvalue weighted by molar-refractivity contribution is 0.0996. The summed E-state index contributed by atoms with van der Waals surface area (Å²) in [6, 6.07) is 8.31. The van der Waals surface area contributed by atoms with Crippen LogP contribution in [0.1, 0.15) is 19.8 Å². The molecule has 2 atom stereocenters. The number of anilines is 1. The molecule has 0 amide bonds. The van der Waals surface area contributed by atoms with Gasteiger partial charge in [0, 0.05) is 12.0 Å². The summed E-state index contributed by atoms with van der Waals surface area (Å²) in [6.45, 7) is 3.02. The van der Waals surface area contributed by atoms with Crippen molar-refractivity contribution < 1.29 is 4.74 Å². The van der Waals surface area contributed by atoms with Crippen LogP contribution < -0.4 is 5.32 Å². The van der Waals surface area contributed by atoms with E-state index in [1.54, 1.807) is 6.33 Å². The van der Waals surface area contributed by atoms with Gasteiger partial charge in [-0.2, -0.15) is 0 Å². The molecule has 1 aromatic carbocycles. The topological polar surface area (TPSA) is 47.0 Å². The van der Waals surface area contributed by atoms with Crippen molar-refractivity contribution in [2.75, 3.05) is 11.9 Å². The van der Waals surface area contributed by atoms with Crippen molar-refractivity contribution in [3.05, 3.63) is 30.6 Å². The molecule has 18 heavy (non-hydrogen) atoms. The number of aromatic nitrogens is 2. The van der Waals surface area contributed by atoms with Gasteiger partial charge >= 0.3 is 0 Å². The van der Waals surface area contributed by atoms with Gasteiger partial charge in [0.15, 0.2) is 0 Å². The van der Waals surface area contributed by atoms with Gasteiger partial charge in [-0.1, -0.05) is 12.1 Å². The van der Waals surface area contributed by atoms with Crippen LogP contribution in [0.15, 0.2) is 30.6 Å². The first kappa shape index (κ1) is 11.4. The molecule has 2 aromatic rings. The maximum atomic E-state index is 5.69. The molecule has 0 radical (unpaired) electrons. The molecule has 0 saturated carbocycles. The van der Waals surface area contributed by atoms with Crippen LogP contribution in [-0.2, 0) is 4.74 Å². The van der Waals surface area contributed by atoms with Crippen molar-refractivity contribution in [3.8, 4) is 0 Å². The molecule has 1 aliphatic heterocycles. The minimum atomic E-state index is 0.269. The first-order valence-electron chi connectivity index (χ1n) is 6.42. The quantitative estimate of drug-likeness (QED) is 0.900. The van der Waals surface area contributed by atoms with Crippen LogP contribution >= 0.6 is 0 Å². The van der Waals surface area contributed by atoms with Gasteiger partial charge in [0.1, 0.15) is 12.1 Å². The van der Waals surface area contributed by atoms with E-state index in [4.69, 9.17) is 4.74 Å². The first-order valence-corrected chi connectivity index (χ1v) is 6.42. The lowest BCUT2D eigenvalue weighted by Crippen LogP contribution is -2.30. The Balaban J connectivity index is 1.85. The molecule has 0 aliphatic carbocycles. The highest BCUT2D eigenvalue weighted by molar-refractivity contribution is 5.88. The summed E-state index contributed by atoms with van der Waals surface area (Å²) in [4.78, 5) is 8.60. The number of nitrogens with zero attached hydrogens (tertiary/aromatic N) is 2. The Hall–Kier alpha value is -1.68. The highest BCUT2D eigenvalue weighted by Gasteiger charge is 2.22. The van der Waals surface area contributed by atoms with Crippen molar-refractivity contribution in [2.24, 2.45) is 0 Å². The Labute approximate surface area is 106 Å². The van der Waals surface area contributed by atoms with Gasteiger partial charge in [-0.15, -0.1) is 0 Å². The molecule has 0 spiro atoms. The Morgan fingerprint density at radius 3 is 3.06 bits per heavy atom. The van der Waals surface area contributed by atoms with E-state index < -0.39 is 0 Å². The zero-order chi connectivity index (χ0) is 12.4. The summed E-state index contributed by atoms with van der Waals surface area (Å²) in [6.07, 6.45) is 4.17. The molecule has 3 rings (SSSR count). The maximum Gasteiger partial charge on any atom is 0.137 e. The second kappa shape index (κ2) is 4.90. The van der Waals surface area contributed by atoms with Crippen LogP contribution in [0.25, 0.3) is 10.9 Å². The minimum absolute atomic E-state index is 0.269. The van der Waals surface area contributed by atoms with Gasteiger partial charge in [-0.25, -0.2) is 9.97 Å². The average molecular weight is 243 g/mol. The van der Waals surface area contributed by atoms with Gasteiger partial charge in [0.05, 0.1) is 17.7 Å². The number of fused-ring (bicyclic) bond motifs is 1. The molecular formula is C14H17N3O. The third-order valence-corrected chi connectivity index (χ3v) is 3.43. The number of para-hydroxylation sites is 1. The summed E-state index contributed by atoms with van der Waals surface area (Å²) in [5.41, 5.74) is 0.967. The number of ether oxygens (including phenoxy) is 1. The molecule has 1 aliphatic rings. The van der Waals surface area contributed by atoms with E-state index in [0.717, 1.165) is 36.2 Å². The van der Waals surface area contributed by atoms with Gasteiger partial charge in [0.2, 0.25) is 0 Å². The molecule has 0 unspecified atom stereocenters. The maximum absolute atomic E-state index is 5.69. The molecular weight excluding hydrogens is 226 g/mol. The molecule has 4 heteroatoms. The zero-order valence-electron chi connectivity index (χ0n) is 10.5. The molecule has 94 valence electrons. The minimum Gasteiger partial charge on any atom is -0.376 e. The van der Waals surface area contributed by atoms with Gasteiger partial charge in [0.25, 0.3) is 0 Å². The number of rotatable bonds is 3. The predicted molar refractivity (Wildman–Crippen MR) is 71.6 cm³/mol. The predicted octanol–water partition coefficient (Wildman–Crippen LogP) is 2.61.